The van der Waals surface area contributed by atoms with E-state index in [0.29, 0.717) is 19.4 Å². The van der Waals surface area contributed by atoms with E-state index in [-0.39, 0.29) is 18.5 Å². The molecule has 0 heterocycles. The first-order chi connectivity index (χ1) is 40.5. The molecule has 3 N–H and O–H groups in total. The Morgan fingerprint density at radius 2 is 0.573 bits per heavy atom. The highest BCUT2D eigenvalue weighted by Crippen LogP contribution is 2.19. The minimum absolute atomic E-state index is 0.0148. The number of aliphatic hydroxyl groups excluding tert-OH is 2. The van der Waals surface area contributed by atoms with Crippen LogP contribution < -0.4 is 5.32 Å². The van der Waals surface area contributed by atoms with Crippen molar-refractivity contribution in [2.24, 2.45) is 0 Å². The van der Waals surface area contributed by atoms with Gasteiger partial charge in [-0.15, -0.1) is 0 Å². The maximum Gasteiger partial charge on any atom is 0.305 e. The summed E-state index contributed by atoms with van der Waals surface area (Å²) >= 11 is 0. The normalized spacial score (nSPS) is 12.6. The summed E-state index contributed by atoms with van der Waals surface area (Å²) in [5.74, 6) is -0.0452. The van der Waals surface area contributed by atoms with Crippen LogP contribution in [-0.2, 0) is 14.3 Å². The first kappa shape index (κ1) is 80.3. The maximum atomic E-state index is 12.5. The van der Waals surface area contributed by atoms with Crippen molar-refractivity contribution in [3.05, 3.63) is 24.3 Å². The number of allylic oxidation sites excluding steroid dienone is 3. The maximum absolute atomic E-state index is 12.5. The number of carbonyl (C=O) groups is 2. The highest BCUT2D eigenvalue weighted by Gasteiger charge is 2.18. The van der Waals surface area contributed by atoms with Crippen molar-refractivity contribution >= 4 is 11.9 Å². The first-order valence-corrected chi connectivity index (χ1v) is 37.6. The molecule has 0 aromatic rings. The quantitative estimate of drug-likeness (QED) is 0.0320. The minimum Gasteiger partial charge on any atom is -0.466 e. The number of ether oxygens (including phenoxy) is 1. The second-order valence-corrected chi connectivity index (χ2v) is 26.0. The van der Waals surface area contributed by atoms with E-state index in [1.807, 2.05) is 6.08 Å². The van der Waals surface area contributed by atoms with Crippen molar-refractivity contribution in [1.29, 1.82) is 0 Å². The third kappa shape index (κ3) is 67.5. The molecule has 0 rings (SSSR count). The highest BCUT2D eigenvalue weighted by molar-refractivity contribution is 5.76. The number of aliphatic hydroxyl groups is 2. The van der Waals surface area contributed by atoms with Gasteiger partial charge in [-0.05, 0) is 57.8 Å². The summed E-state index contributed by atoms with van der Waals surface area (Å²) in [4.78, 5) is 24.6. The highest BCUT2D eigenvalue weighted by atomic mass is 16.5. The smallest absolute Gasteiger partial charge is 0.305 e. The molecule has 0 bridgehead atoms. The van der Waals surface area contributed by atoms with Crippen LogP contribution in [-0.4, -0.2) is 47.4 Å². The predicted octanol–water partition coefficient (Wildman–Crippen LogP) is 24.5. The zero-order chi connectivity index (χ0) is 59.2. The molecule has 6 heteroatoms. The SMILES string of the molecule is CCCCCCCCC/C=C\CCCCCCCC(=O)OCCCCCCCCCCCCCCCCCCCCCCCCCCCCCCCCCCCC(=O)NC(CO)C(O)/C=C/CCCCCCCCCCCCCCCC. The third-order valence-corrected chi connectivity index (χ3v) is 17.7. The van der Waals surface area contributed by atoms with Crippen molar-refractivity contribution in [3.63, 3.8) is 0 Å². The summed E-state index contributed by atoms with van der Waals surface area (Å²) in [6.45, 7) is 4.94. The van der Waals surface area contributed by atoms with Gasteiger partial charge in [-0.1, -0.05) is 378 Å². The van der Waals surface area contributed by atoms with Crippen LogP contribution in [0.5, 0.6) is 0 Å². The molecule has 0 aliphatic heterocycles. The molecule has 486 valence electrons. The standard InChI is InChI=1S/C76H147NO5/c1-3-5-7-9-11-13-15-17-19-40-44-48-52-56-60-64-68-74(79)73(72-78)77-75(80)69-65-61-57-53-49-45-41-38-36-34-32-30-28-26-24-22-21-23-25-27-29-31-33-35-37-39-43-47-51-55-59-63-67-71-82-76(81)70-66-62-58-54-50-46-42-20-18-16-14-12-10-8-6-4-2/h20,42,64,68,73-74,78-79H,3-19,21-41,43-63,65-67,69-72H2,1-2H3,(H,77,80)/b42-20-,68-64+. The Hall–Kier alpha value is -1.66. The van der Waals surface area contributed by atoms with Gasteiger partial charge in [0.2, 0.25) is 5.91 Å². The molecular formula is C76H147NO5. The molecule has 6 nitrogen and oxygen atoms in total. The molecule has 0 aromatic heterocycles. The van der Waals surface area contributed by atoms with Crippen molar-refractivity contribution in [1.82, 2.24) is 5.32 Å². The Balaban J connectivity index is 3.32. The average molecular weight is 1160 g/mol. The lowest BCUT2D eigenvalue weighted by Crippen LogP contribution is -2.45. The molecule has 0 fully saturated rings. The number of esters is 1. The van der Waals surface area contributed by atoms with Gasteiger partial charge >= 0.3 is 5.97 Å². The Morgan fingerprint density at radius 1 is 0.329 bits per heavy atom. The van der Waals surface area contributed by atoms with Crippen LogP contribution in [0, 0.1) is 0 Å². The topological polar surface area (TPSA) is 95.9 Å². The molecule has 0 radical (unpaired) electrons. The van der Waals surface area contributed by atoms with Crippen LogP contribution in [0.25, 0.3) is 0 Å². The zero-order valence-electron chi connectivity index (χ0n) is 55.8. The fourth-order valence-corrected chi connectivity index (χ4v) is 12.0. The molecule has 0 aliphatic carbocycles. The second-order valence-electron chi connectivity index (χ2n) is 26.0. The molecule has 0 spiro atoms. The van der Waals surface area contributed by atoms with Crippen molar-refractivity contribution in [2.45, 2.75) is 437 Å². The van der Waals surface area contributed by atoms with Gasteiger partial charge in [-0.25, -0.2) is 0 Å². The Morgan fingerprint density at radius 3 is 0.866 bits per heavy atom. The summed E-state index contributed by atoms with van der Waals surface area (Å²) in [7, 11) is 0. The van der Waals surface area contributed by atoms with Crippen LogP contribution in [0.2, 0.25) is 0 Å². The Bertz CT molecular complexity index is 1280. The molecule has 0 saturated heterocycles. The number of unbranched alkanes of at least 4 members (excludes halogenated alkanes) is 58. The summed E-state index contributed by atoms with van der Waals surface area (Å²) < 4.78 is 5.50. The molecule has 1 amide bonds. The van der Waals surface area contributed by atoms with Gasteiger partial charge in [0.15, 0.2) is 0 Å². The molecule has 0 aromatic carbocycles. The molecule has 2 atom stereocenters. The van der Waals surface area contributed by atoms with E-state index >= 15 is 0 Å². The number of hydrogen-bond acceptors (Lipinski definition) is 5. The Kier molecular flexibility index (Phi) is 70.4. The van der Waals surface area contributed by atoms with Crippen LogP contribution >= 0.6 is 0 Å². The molecule has 0 saturated carbocycles. The van der Waals surface area contributed by atoms with Gasteiger partial charge in [-0.3, -0.25) is 9.59 Å². The Labute approximate surface area is 513 Å². The largest absolute Gasteiger partial charge is 0.466 e. The summed E-state index contributed by atoms with van der Waals surface area (Å²) in [5, 5.41) is 23.2. The van der Waals surface area contributed by atoms with Crippen LogP contribution in [0.3, 0.4) is 0 Å². The summed E-state index contributed by atoms with van der Waals surface area (Å²) in [5.41, 5.74) is 0. The average Bonchev–Trinajstić information content (AvgIpc) is 3.48. The van der Waals surface area contributed by atoms with E-state index < -0.39 is 12.1 Å². The molecule has 82 heavy (non-hydrogen) atoms. The van der Waals surface area contributed by atoms with E-state index in [1.165, 1.54) is 353 Å². The van der Waals surface area contributed by atoms with Gasteiger partial charge in [0.05, 0.1) is 25.4 Å². The number of nitrogens with one attached hydrogen (secondary N) is 1. The van der Waals surface area contributed by atoms with E-state index in [0.717, 1.165) is 44.9 Å². The minimum atomic E-state index is -0.841. The molecule has 0 aliphatic rings. The van der Waals surface area contributed by atoms with E-state index in [2.05, 4.69) is 31.3 Å². The number of carbonyl (C=O) groups excluding carboxylic acids is 2. The lowest BCUT2D eigenvalue weighted by atomic mass is 10.0. The van der Waals surface area contributed by atoms with Gasteiger partial charge in [-0.2, -0.15) is 0 Å². The number of hydrogen-bond donors (Lipinski definition) is 3. The third-order valence-electron chi connectivity index (χ3n) is 17.7. The predicted molar refractivity (Wildman–Crippen MR) is 361 cm³/mol. The van der Waals surface area contributed by atoms with Gasteiger partial charge < -0.3 is 20.3 Å². The second kappa shape index (κ2) is 71.8. The van der Waals surface area contributed by atoms with Crippen LogP contribution in [0.1, 0.15) is 425 Å². The van der Waals surface area contributed by atoms with Crippen LogP contribution in [0.15, 0.2) is 24.3 Å². The van der Waals surface area contributed by atoms with E-state index in [4.69, 9.17) is 4.74 Å². The van der Waals surface area contributed by atoms with Crippen LogP contribution in [0.4, 0.5) is 0 Å². The summed E-state index contributed by atoms with van der Waals surface area (Å²) in [6, 6.07) is -0.624. The first-order valence-electron chi connectivity index (χ1n) is 37.6. The monoisotopic (exact) mass is 1150 g/mol. The summed E-state index contributed by atoms with van der Waals surface area (Å²) in [6.07, 6.45) is 91.4. The fourth-order valence-electron chi connectivity index (χ4n) is 12.0. The lowest BCUT2D eigenvalue weighted by molar-refractivity contribution is -0.143. The number of rotatable bonds is 71. The zero-order valence-corrected chi connectivity index (χ0v) is 55.8. The van der Waals surface area contributed by atoms with Gasteiger partial charge in [0, 0.05) is 12.8 Å². The number of amides is 1. The van der Waals surface area contributed by atoms with Gasteiger partial charge in [0.25, 0.3) is 0 Å². The van der Waals surface area contributed by atoms with Crippen molar-refractivity contribution in [3.8, 4) is 0 Å². The lowest BCUT2D eigenvalue weighted by Gasteiger charge is -2.20. The van der Waals surface area contributed by atoms with E-state index in [9.17, 15) is 19.8 Å². The molecular weight excluding hydrogens is 1010 g/mol. The van der Waals surface area contributed by atoms with E-state index in [1.54, 1.807) is 6.08 Å². The van der Waals surface area contributed by atoms with Crippen molar-refractivity contribution in [2.75, 3.05) is 13.2 Å². The van der Waals surface area contributed by atoms with Crippen molar-refractivity contribution < 1.29 is 24.5 Å². The van der Waals surface area contributed by atoms with Gasteiger partial charge in [0.1, 0.15) is 0 Å². The fraction of sp³-hybridized carbons (Fsp3) is 0.921. The molecule has 2 unspecified atom stereocenters.